The van der Waals surface area contributed by atoms with E-state index in [9.17, 15) is 18.0 Å². The van der Waals surface area contributed by atoms with Crippen molar-refractivity contribution < 1.29 is 22.5 Å². The van der Waals surface area contributed by atoms with Gasteiger partial charge in [0.05, 0.1) is 5.56 Å². The van der Waals surface area contributed by atoms with Gasteiger partial charge in [-0.1, -0.05) is 5.16 Å². The maximum Gasteiger partial charge on any atom is 0.433 e. The molecule has 116 valence electrons. The van der Waals surface area contributed by atoms with Gasteiger partial charge in [0.25, 0.3) is 5.91 Å². The molecule has 3 rings (SSSR count). The van der Waals surface area contributed by atoms with Gasteiger partial charge in [0.15, 0.2) is 5.82 Å². The number of alkyl halides is 3. The number of aromatic nitrogens is 3. The molecule has 0 spiro atoms. The van der Waals surface area contributed by atoms with Crippen molar-refractivity contribution in [1.29, 1.82) is 0 Å². The highest BCUT2D eigenvalue weighted by Gasteiger charge is 2.33. The van der Waals surface area contributed by atoms with E-state index in [1.807, 2.05) is 0 Å². The average molecular weight is 312 g/mol. The maximum atomic E-state index is 12.4. The fraction of sp³-hybridized carbons (Fsp3) is 0.385. The van der Waals surface area contributed by atoms with Crippen molar-refractivity contribution in [2.45, 2.75) is 18.5 Å². The van der Waals surface area contributed by atoms with Crippen LogP contribution in [-0.4, -0.2) is 39.0 Å². The second-order valence-electron chi connectivity index (χ2n) is 4.96. The Morgan fingerprint density at radius 3 is 2.73 bits per heavy atom. The van der Waals surface area contributed by atoms with Crippen molar-refractivity contribution in [3.8, 4) is 0 Å². The van der Waals surface area contributed by atoms with Gasteiger partial charge >= 0.3 is 6.18 Å². The number of hydrogen-bond acceptors (Lipinski definition) is 5. The summed E-state index contributed by atoms with van der Waals surface area (Å²) in [6.07, 6.45) is -1.66. The molecule has 0 unspecified atom stereocenters. The summed E-state index contributed by atoms with van der Waals surface area (Å²) in [5.41, 5.74) is -0.892. The minimum Gasteiger partial charge on any atom is -0.343 e. The Kier molecular flexibility index (Phi) is 3.55. The van der Waals surface area contributed by atoms with E-state index in [4.69, 9.17) is 0 Å². The minimum atomic E-state index is -4.51. The summed E-state index contributed by atoms with van der Waals surface area (Å²) >= 11 is 0. The number of hydrogen-bond donors (Lipinski definition) is 0. The second kappa shape index (κ2) is 5.39. The van der Waals surface area contributed by atoms with E-state index in [-0.39, 0.29) is 17.4 Å². The summed E-state index contributed by atoms with van der Waals surface area (Å²) in [6, 6.07) is 1.94. The molecule has 0 N–H and O–H groups in total. The lowest BCUT2D eigenvalue weighted by Gasteiger charge is -2.16. The monoisotopic (exact) mass is 312 g/mol. The molecule has 1 atom stereocenters. The Balaban J connectivity index is 1.70. The molecule has 1 fully saturated rings. The number of nitrogens with zero attached hydrogens (tertiary/aromatic N) is 4. The summed E-state index contributed by atoms with van der Waals surface area (Å²) in [4.78, 5) is 21.1. The average Bonchev–Trinajstić information content (AvgIpc) is 3.16. The van der Waals surface area contributed by atoms with E-state index in [0.717, 1.165) is 18.3 Å². The topological polar surface area (TPSA) is 72.1 Å². The third-order valence-corrected chi connectivity index (χ3v) is 3.52. The van der Waals surface area contributed by atoms with Gasteiger partial charge in [0, 0.05) is 25.2 Å². The Bertz CT molecular complexity index is 655. The molecule has 0 aromatic carbocycles. The van der Waals surface area contributed by atoms with E-state index in [1.54, 1.807) is 4.90 Å². The SMILES string of the molecule is O=C(c1ccc(C(F)(F)F)nc1)N1CC[C@@H](c2ncon2)C1. The Morgan fingerprint density at radius 2 is 2.14 bits per heavy atom. The molecule has 3 heterocycles. The molecule has 1 amide bonds. The van der Waals surface area contributed by atoms with Gasteiger partial charge in [0.2, 0.25) is 6.39 Å². The third-order valence-electron chi connectivity index (χ3n) is 3.52. The molecule has 0 aliphatic carbocycles. The van der Waals surface area contributed by atoms with Gasteiger partial charge in [-0.25, -0.2) is 0 Å². The van der Waals surface area contributed by atoms with Gasteiger partial charge in [-0.05, 0) is 18.6 Å². The van der Waals surface area contributed by atoms with Crippen LogP contribution in [-0.2, 0) is 6.18 Å². The maximum absolute atomic E-state index is 12.4. The summed E-state index contributed by atoms with van der Waals surface area (Å²) in [6.45, 7) is 0.887. The van der Waals surface area contributed by atoms with Crippen LogP contribution in [0.15, 0.2) is 29.2 Å². The standard InChI is InChI=1S/C13H11F3N4O2/c14-13(15,16)10-2-1-8(5-17-10)12(21)20-4-3-9(6-20)11-18-7-22-19-11/h1-2,5,7,9H,3-4,6H2/t9-/m1/s1. The van der Waals surface area contributed by atoms with Crippen LogP contribution in [0.1, 0.15) is 34.2 Å². The minimum absolute atomic E-state index is 0.0230. The van der Waals surface area contributed by atoms with E-state index in [2.05, 4.69) is 19.6 Å². The highest BCUT2D eigenvalue weighted by atomic mass is 19.4. The largest absolute Gasteiger partial charge is 0.433 e. The van der Waals surface area contributed by atoms with Crippen LogP contribution in [0.3, 0.4) is 0 Å². The van der Waals surface area contributed by atoms with Crippen molar-refractivity contribution in [3.63, 3.8) is 0 Å². The molecule has 9 heteroatoms. The zero-order valence-electron chi connectivity index (χ0n) is 11.2. The molecule has 2 aromatic rings. The molecule has 22 heavy (non-hydrogen) atoms. The smallest absolute Gasteiger partial charge is 0.343 e. The summed E-state index contributed by atoms with van der Waals surface area (Å²) < 4.78 is 42.0. The number of rotatable bonds is 2. The van der Waals surface area contributed by atoms with Crippen LogP contribution in [0.5, 0.6) is 0 Å². The van der Waals surface area contributed by atoms with Crippen molar-refractivity contribution in [2.75, 3.05) is 13.1 Å². The van der Waals surface area contributed by atoms with Gasteiger partial charge in [-0.15, -0.1) is 0 Å². The zero-order chi connectivity index (χ0) is 15.7. The first-order chi connectivity index (χ1) is 10.4. The van der Waals surface area contributed by atoms with Crippen LogP contribution in [0.25, 0.3) is 0 Å². The summed E-state index contributed by atoms with van der Waals surface area (Å²) in [5.74, 6) is 0.151. The molecule has 0 saturated carbocycles. The Labute approximate surface area is 122 Å². The van der Waals surface area contributed by atoms with Crippen molar-refractivity contribution in [2.24, 2.45) is 0 Å². The first-order valence-corrected chi connectivity index (χ1v) is 6.54. The van der Waals surface area contributed by atoms with Crippen molar-refractivity contribution in [1.82, 2.24) is 20.0 Å². The fourth-order valence-electron chi connectivity index (χ4n) is 2.38. The predicted octanol–water partition coefficient (Wildman–Crippen LogP) is 2.11. The number of amides is 1. The lowest BCUT2D eigenvalue weighted by molar-refractivity contribution is -0.141. The van der Waals surface area contributed by atoms with Crippen LogP contribution >= 0.6 is 0 Å². The highest BCUT2D eigenvalue weighted by Crippen LogP contribution is 2.28. The first kappa shape index (κ1) is 14.5. The molecule has 1 aliphatic rings. The van der Waals surface area contributed by atoms with Crippen molar-refractivity contribution in [3.05, 3.63) is 41.8 Å². The molecule has 0 bridgehead atoms. The van der Waals surface area contributed by atoms with E-state index in [1.165, 1.54) is 6.39 Å². The number of halogens is 3. The Hall–Kier alpha value is -2.45. The van der Waals surface area contributed by atoms with Gasteiger partial charge < -0.3 is 9.42 Å². The molecular formula is C13H11F3N4O2. The van der Waals surface area contributed by atoms with Crippen LogP contribution < -0.4 is 0 Å². The first-order valence-electron chi connectivity index (χ1n) is 6.54. The highest BCUT2D eigenvalue weighted by molar-refractivity contribution is 5.94. The molecule has 2 aromatic heterocycles. The van der Waals surface area contributed by atoms with E-state index < -0.39 is 11.9 Å². The molecule has 6 nitrogen and oxygen atoms in total. The van der Waals surface area contributed by atoms with Crippen LogP contribution in [0.2, 0.25) is 0 Å². The quantitative estimate of drug-likeness (QED) is 0.849. The van der Waals surface area contributed by atoms with Gasteiger partial charge in [-0.3, -0.25) is 9.78 Å². The molecule has 0 radical (unpaired) electrons. The molecule has 1 saturated heterocycles. The number of likely N-dealkylation sites (tertiary alicyclic amines) is 1. The Morgan fingerprint density at radius 1 is 1.32 bits per heavy atom. The number of pyridine rings is 1. The van der Waals surface area contributed by atoms with Crippen molar-refractivity contribution >= 4 is 5.91 Å². The zero-order valence-corrected chi connectivity index (χ0v) is 11.2. The summed E-state index contributed by atoms with van der Waals surface area (Å²) in [5, 5.41) is 3.74. The number of carbonyl (C=O) groups excluding carboxylic acids is 1. The van der Waals surface area contributed by atoms with E-state index in [0.29, 0.717) is 25.3 Å². The lowest BCUT2D eigenvalue weighted by atomic mass is 10.1. The second-order valence-corrected chi connectivity index (χ2v) is 4.96. The number of carbonyl (C=O) groups is 1. The normalized spacial score (nSPS) is 18.7. The molecule has 1 aliphatic heterocycles. The lowest BCUT2D eigenvalue weighted by Crippen LogP contribution is -2.28. The van der Waals surface area contributed by atoms with Gasteiger partial charge in [-0.2, -0.15) is 18.2 Å². The third kappa shape index (κ3) is 2.78. The van der Waals surface area contributed by atoms with Crippen LogP contribution in [0.4, 0.5) is 13.2 Å². The summed E-state index contributed by atoms with van der Waals surface area (Å²) in [7, 11) is 0. The van der Waals surface area contributed by atoms with Gasteiger partial charge in [0.1, 0.15) is 5.69 Å². The molecular weight excluding hydrogens is 301 g/mol. The predicted molar refractivity (Wildman–Crippen MR) is 66.8 cm³/mol. The van der Waals surface area contributed by atoms with Crippen LogP contribution in [0, 0.1) is 0 Å². The van der Waals surface area contributed by atoms with E-state index >= 15 is 0 Å². The fourth-order valence-corrected chi connectivity index (χ4v) is 2.38.